The number of benzene rings is 1. The van der Waals surface area contributed by atoms with E-state index in [1.54, 1.807) is 17.0 Å². The summed E-state index contributed by atoms with van der Waals surface area (Å²) < 4.78 is 14.6. The number of carbonyl (C=O) groups excluding carboxylic acids is 1. The minimum atomic E-state index is -0.567. The van der Waals surface area contributed by atoms with Crippen molar-refractivity contribution in [1.29, 1.82) is 0 Å². The fraction of sp³-hybridized carbons (Fsp3) is 0.389. The van der Waals surface area contributed by atoms with Gasteiger partial charge in [-0.1, -0.05) is 26.0 Å². The zero-order chi connectivity index (χ0) is 18.1. The Morgan fingerprint density at radius 2 is 2.04 bits per heavy atom. The first kappa shape index (κ1) is 17.1. The summed E-state index contributed by atoms with van der Waals surface area (Å²) in [7, 11) is 0. The molecule has 0 bridgehead atoms. The van der Waals surface area contributed by atoms with Gasteiger partial charge in [0.2, 0.25) is 0 Å². The first-order chi connectivity index (χ1) is 11.9. The standard InChI is InChI=1S/C18H20FN3O3/c1-10(2)12-4-3-5-13(16(12)19)17(24)22-7-6-11(9-22)14-8-15(23)21-18(25)20-14/h3-5,8,10-11H,6-7,9H2,1-2H3,(H2,20,21,23,25). The fourth-order valence-electron chi connectivity index (χ4n) is 3.24. The third-order valence-corrected chi connectivity index (χ3v) is 4.58. The van der Waals surface area contributed by atoms with E-state index in [0.29, 0.717) is 30.8 Å². The predicted molar refractivity (Wildman–Crippen MR) is 91.4 cm³/mol. The molecule has 7 heteroatoms. The van der Waals surface area contributed by atoms with Crippen molar-refractivity contribution >= 4 is 5.91 Å². The Kier molecular flexibility index (Phi) is 4.57. The molecule has 1 aromatic carbocycles. The van der Waals surface area contributed by atoms with Crippen molar-refractivity contribution in [3.8, 4) is 0 Å². The number of hydrogen-bond acceptors (Lipinski definition) is 3. The Hall–Kier alpha value is -2.70. The minimum Gasteiger partial charge on any atom is -0.338 e. The van der Waals surface area contributed by atoms with Crippen molar-refractivity contribution < 1.29 is 9.18 Å². The summed E-state index contributed by atoms with van der Waals surface area (Å²) in [6.45, 7) is 4.54. The minimum absolute atomic E-state index is 0.0137. The van der Waals surface area contributed by atoms with Crippen LogP contribution in [0, 0.1) is 5.82 Å². The summed E-state index contributed by atoms with van der Waals surface area (Å²) in [5.74, 6) is -0.999. The maximum atomic E-state index is 14.6. The summed E-state index contributed by atoms with van der Waals surface area (Å²) in [5.41, 5.74) is 0.0365. The van der Waals surface area contributed by atoms with Crippen LogP contribution in [0.5, 0.6) is 0 Å². The molecule has 1 fully saturated rings. The molecule has 25 heavy (non-hydrogen) atoms. The number of likely N-dealkylation sites (tertiary alicyclic amines) is 1. The molecule has 1 atom stereocenters. The Bertz CT molecular complexity index is 888. The molecule has 0 aliphatic carbocycles. The van der Waals surface area contributed by atoms with E-state index in [9.17, 15) is 18.8 Å². The second-order valence-electron chi connectivity index (χ2n) is 6.64. The highest BCUT2D eigenvalue weighted by molar-refractivity contribution is 5.95. The highest BCUT2D eigenvalue weighted by Crippen LogP contribution is 2.28. The molecule has 0 radical (unpaired) electrons. The van der Waals surface area contributed by atoms with Crippen LogP contribution in [0.15, 0.2) is 33.9 Å². The van der Waals surface area contributed by atoms with Gasteiger partial charge in [0.1, 0.15) is 5.82 Å². The van der Waals surface area contributed by atoms with Crippen LogP contribution in [0.25, 0.3) is 0 Å². The summed E-state index contributed by atoms with van der Waals surface area (Å²) in [5, 5.41) is 0. The molecular weight excluding hydrogens is 325 g/mol. The first-order valence-corrected chi connectivity index (χ1v) is 8.28. The second kappa shape index (κ2) is 6.66. The molecule has 1 aromatic heterocycles. The maximum absolute atomic E-state index is 14.6. The Labute approximate surface area is 143 Å². The quantitative estimate of drug-likeness (QED) is 0.891. The zero-order valence-electron chi connectivity index (χ0n) is 14.1. The Balaban J connectivity index is 1.83. The number of H-pyrrole nitrogens is 2. The van der Waals surface area contributed by atoms with E-state index >= 15 is 0 Å². The molecule has 1 aliphatic rings. The van der Waals surface area contributed by atoms with E-state index < -0.39 is 17.1 Å². The molecule has 1 amide bonds. The van der Waals surface area contributed by atoms with Gasteiger partial charge in [0.25, 0.3) is 11.5 Å². The summed E-state index contributed by atoms with van der Waals surface area (Å²) in [4.78, 5) is 41.8. The molecule has 1 saturated heterocycles. The van der Waals surface area contributed by atoms with Crippen LogP contribution >= 0.6 is 0 Å². The third kappa shape index (κ3) is 3.40. The van der Waals surface area contributed by atoms with Gasteiger partial charge in [0.05, 0.1) is 5.56 Å². The maximum Gasteiger partial charge on any atom is 0.325 e. The van der Waals surface area contributed by atoms with Crippen LogP contribution in [-0.2, 0) is 0 Å². The lowest BCUT2D eigenvalue weighted by Crippen LogP contribution is -2.30. The molecule has 2 heterocycles. The monoisotopic (exact) mass is 345 g/mol. The average molecular weight is 345 g/mol. The number of nitrogens with zero attached hydrogens (tertiary/aromatic N) is 1. The van der Waals surface area contributed by atoms with Gasteiger partial charge >= 0.3 is 5.69 Å². The zero-order valence-corrected chi connectivity index (χ0v) is 14.1. The number of hydrogen-bond donors (Lipinski definition) is 2. The van der Waals surface area contributed by atoms with Crippen LogP contribution < -0.4 is 11.2 Å². The van der Waals surface area contributed by atoms with E-state index in [2.05, 4.69) is 9.97 Å². The molecule has 2 N–H and O–H groups in total. The van der Waals surface area contributed by atoms with Gasteiger partial charge in [0, 0.05) is 30.8 Å². The number of aromatic amines is 2. The first-order valence-electron chi connectivity index (χ1n) is 8.28. The summed E-state index contributed by atoms with van der Waals surface area (Å²) in [6.07, 6.45) is 0.608. The number of rotatable bonds is 3. The molecule has 3 rings (SSSR count). The highest BCUT2D eigenvalue weighted by atomic mass is 19.1. The molecule has 1 aliphatic heterocycles. The van der Waals surface area contributed by atoms with Gasteiger partial charge in [-0.25, -0.2) is 9.18 Å². The van der Waals surface area contributed by atoms with Crippen molar-refractivity contribution in [3.63, 3.8) is 0 Å². The lowest BCUT2D eigenvalue weighted by atomic mass is 9.99. The van der Waals surface area contributed by atoms with Crippen LogP contribution in [0.1, 0.15) is 53.7 Å². The number of amides is 1. The van der Waals surface area contributed by atoms with E-state index in [4.69, 9.17) is 0 Å². The predicted octanol–water partition coefficient (Wildman–Crippen LogP) is 1.96. The Morgan fingerprint density at radius 3 is 2.72 bits per heavy atom. The van der Waals surface area contributed by atoms with Crippen LogP contribution in [0.3, 0.4) is 0 Å². The molecule has 2 aromatic rings. The van der Waals surface area contributed by atoms with Gasteiger partial charge in [-0.05, 0) is 24.0 Å². The van der Waals surface area contributed by atoms with E-state index in [0.717, 1.165) is 0 Å². The number of nitrogens with one attached hydrogen (secondary N) is 2. The van der Waals surface area contributed by atoms with Gasteiger partial charge in [-0.15, -0.1) is 0 Å². The van der Waals surface area contributed by atoms with Crippen molar-refractivity contribution in [3.05, 3.63) is 67.7 Å². The second-order valence-corrected chi connectivity index (χ2v) is 6.64. The summed E-state index contributed by atoms with van der Waals surface area (Å²) >= 11 is 0. The fourth-order valence-corrected chi connectivity index (χ4v) is 3.24. The van der Waals surface area contributed by atoms with Crippen LogP contribution in [0.4, 0.5) is 4.39 Å². The van der Waals surface area contributed by atoms with E-state index in [1.165, 1.54) is 12.1 Å². The van der Waals surface area contributed by atoms with Crippen LogP contribution in [0.2, 0.25) is 0 Å². The molecule has 132 valence electrons. The lowest BCUT2D eigenvalue weighted by molar-refractivity contribution is 0.0785. The highest BCUT2D eigenvalue weighted by Gasteiger charge is 2.30. The van der Waals surface area contributed by atoms with E-state index in [-0.39, 0.29) is 23.3 Å². The normalized spacial score (nSPS) is 17.3. The van der Waals surface area contributed by atoms with Crippen molar-refractivity contribution in [1.82, 2.24) is 14.9 Å². The Morgan fingerprint density at radius 1 is 1.28 bits per heavy atom. The van der Waals surface area contributed by atoms with Gasteiger partial charge in [-0.2, -0.15) is 0 Å². The van der Waals surface area contributed by atoms with Crippen molar-refractivity contribution in [2.45, 2.75) is 32.1 Å². The molecular formula is C18H20FN3O3. The SMILES string of the molecule is CC(C)c1cccc(C(=O)N2CCC(c3cc(=O)[nH]c(=O)[nH]3)C2)c1F. The van der Waals surface area contributed by atoms with Gasteiger partial charge in [0.15, 0.2) is 0 Å². The smallest absolute Gasteiger partial charge is 0.325 e. The van der Waals surface area contributed by atoms with E-state index in [1.807, 2.05) is 13.8 Å². The number of halogens is 1. The van der Waals surface area contributed by atoms with Crippen LogP contribution in [-0.4, -0.2) is 33.9 Å². The number of aromatic nitrogens is 2. The third-order valence-electron chi connectivity index (χ3n) is 4.58. The van der Waals surface area contributed by atoms with Gasteiger partial charge in [-0.3, -0.25) is 14.6 Å². The lowest BCUT2D eigenvalue weighted by Gasteiger charge is -2.18. The largest absolute Gasteiger partial charge is 0.338 e. The molecule has 1 unspecified atom stereocenters. The molecule has 0 spiro atoms. The van der Waals surface area contributed by atoms with Crippen molar-refractivity contribution in [2.75, 3.05) is 13.1 Å². The topological polar surface area (TPSA) is 86.0 Å². The average Bonchev–Trinajstić information content (AvgIpc) is 3.03. The number of carbonyl (C=O) groups is 1. The van der Waals surface area contributed by atoms with Gasteiger partial charge < -0.3 is 9.88 Å². The van der Waals surface area contributed by atoms with Crippen molar-refractivity contribution in [2.24, 2.45) is 0 Å². The summed E-state index contributed by atoms with van der Waals surface area (Å²) in [6, 6.07) is 6.20. The molecule has 0 saturated carbocycles. The molecule has 6 nitrogen and oxygen atoms in total.